The van der Waals surface area contributed by atoms with Crippen LogP contribution in [0, 0.1) is 6.92 Å². The number of alkyl halides is 2. The largest absolute Gasteiger partial charge is 0.481 e. The maximum atomic E-state index is 12.0. The third kappa shape index (κ3) is 8.82. The fraction of sp³-hybridized carbons (Fsp3) is 0.600. The lowest BCUT2D eigenvalue weighted by Gasteiger charge is -2.26. The number of benzene rings is 1. The van der Waals surface area contributed by atoms with Gasteiger partial charge in [0, 0.05) is 41.9 Å². The molecule has 0 saturated heterocycles. The molecule has 0 saturated carbocycles. The minimum atomic E-state index is -0.904. The molecule has 1 rings (SSSR count). The van der Waals surface area contributed by atoms with Gasteiger partial charge in [-0.05, 0) is 51.0 Å². The SMILES string of the molecule is Cc1ccc(N(CCBr)CCBr)cc1C(CNC(=O)OC(C)(C)C)CC(=O)O. The molecule has 158 valence electrons. The van der Waals surface area contributed by atoms with Gasteiger partial charge in [-0.1, -0.05) is 37.9 Å². The molecule has 0 aromatic heterocycles. The van der Waals surface area contributed by atoms with Crippen LogP contribution in [-0.2, 0) is 9.53 Å². The summed E-state index contributed by atoms with van der Waals surface area (Å²) in [5.41, 5.74) is 2.35. The second-order valence-electron chi connectivity index (χ2n) is 7.58. The average Bonchev–Trinajstić information content (AvgIpc) is 2.57. The molecule has 6 nitrogen and oxygen atoms in total. The van der Waals surface area contributed by atoms with Gasteiger partial charge in [0.2, 0.25) is 0 Å². The summed E-state index contributed by atoms with van der Waals surface area (Å²) in [5, 5.41) is 13.8. The molecular formula is C20H30Br2N2O4. The van der Waals surface area contributed by atoms with Crippen molar-refractivity contribution in [3.63, 3.8) is 0 Å². The van der Waals surface area contributed by atoms with Crippen molar-refractivity contribution in [2.45, 2.75) is 45.6 Å². The summed E-state index contributed by atoms with van der Waals surface area (Å²) in [6.07, 6.45) is -0.617. The van der Waals surface area contributed by atoms with Gasteiger partial charge in [-0.3, -0.25) is 4.79 Å². The highest BCUT2D eigenvalue weighted by molar-refractivity contribution is 9.09. The van der Waals surface area contributed by atoms with Crippen LogP contribution in [-0.4, -0.2) is 53.1 Å². The van der Waals surface area contributed by atoms with Gasteiger partial charge >= 0.3 is 12.1 Å². The highest BCUT2D eigenvalue weighted by Gasteiger charge is 2.22. The van der Waals surface area contributed by atoms with E-state index in [1.165, 1.54) is 0 Å². The van der Waals surface area contributed by atoms with Crippen LogP contribution >= 0.6 is 31.9 Å². The van der Waals surface area contributed by atoms with Crippen LogP contribution in [0.5, 0.6) is 0 Å². The highest BCUT2D eigenvalue weighted by Crippen LogP contribution is 2.28. The Labute approximate surface area is 184 Å². The fourth-order valence-corrected chi connectivity index (χ4v) is 3.72. The molecular weight excluding hydrogens is 492 g/mol. The Hall–Kier alpha value is -1.28. The molecule has 1 aromatic carbocycles. The van der Waals surface area contributed by atoms with Crippen molar-refractivity contribution in [2.24, 2.45) is 0 Å². The third-order valence-corrected chi connectivity index (χ3v) is 4.80. The van der Waals surface area contributed by atoms with Gasteiger partial charge in [-0.25, -0.2) is 4.79 Å². The molecule has 28 heavy (non-hydrogen) atoms. The minimum absolute atomic E-state index is 0.0724. The van der Waals surface area contributed by atoms with Gasteiger partial charge in [0.25, 0.3) is 0 Å². The Bertz CT molecular complexity index is 656. The molecule has 0 radical (unpaired) electrons. The van der Waals surface area contributed by atoms with Crippen molar-refractivity contribution in [2.75, 3.05) is 35.2 Å². The number of rotatable bonds is 10. The van der Waals surface area contributed by atoms with E-state index < -0.39 is 17.7 Å². The maximum Gasteiger partial charge on any atom is 0.407 e. The number of carbonyl (C=O) groups is 2. The van der Waals surface area contributed by atoms with Crippen molar-refractivity contribution in [1.29, 1.82) is 0 Å². The molecule has 0 fully saturated rings. The monoisotopic (exact) mass is 520 g/mol. The third-order valence-electron chi connectivity index (χ3n) is 4.09. The molecule has 1 aromatic rings. The van der Waals surface area contributed by atoms with Gasteiger partial charge in [-0.2, -0.15) is 0 Å². The van der Waals surface area contributed by atoms with E-state index in [9.17, 15) is 14.7 Å². The number of nitrogens with zero attached hydrogens (tertiary/aromatic N) is 1. The number of alkyl carbamates (subject to hydrolysis) is 1. The topological polar surface area (TPSA) is 78.9 Å². The molecule has 0 spiro atoms. The Morgan fingerprint density at radius 3 is 2.32 bits per heavy atom. The zero-order valence-corrected chi connectivity index (χ0v) is 20.1. The second kappa shape index (κ2) is 11.7. The molecule has 0 aliphatic heterocycles. The number of aliphatic carboxylic acids is 1. The fourth-order valence-electron chi connectivity index (χ4n) is 2.86. The lowest BCUT2D eigenvalue weighted by molar-refractivity contribution is -0.137. The second-order valence-corrected chi connectivity index (χ2v) is 9.17. The zero-order chi connectivity index (χ0) is 21.3. The summed E-state index contributed by atoms with van der Waals surface area (Å²) in [7, 11) is 0. The smallest absolute Gasteiger partial charge is 0.407 e. The van der Waals surface area contributed by atoms with Crippen molar-refractivity contribution < 1.29 is 19.4 Å². The number of carboxylic acid groups (broad SMARTS) is 1. The van der Waals surface area contributed by atoms with Crippen molar-refractivity contribution >= 4 is 49.6 Å². The van der Waals surface area contributed by atoms with Crippen LogP contribution in [0.15, 0.2) is 18.2 Å². The summed E-state index contributed by atoms with van der Waals surface area (Å²) in [6, 6.07) is 6.08. The number of ether oxygens (including phenoxy) is 1. The van der Waals surface area contributed by atoms with E-state index in [4.69, 9.17) is 4.74 Å². The molecule has 8 heteroatoms. The van der Waals surface area contributed by atoms with Crippen LogP contribution < -0.4 is 10.2 Å². The first-order chi connectivity index (χ1) is 13.1. The number of hydrogen-bond acceptors (Lipinski definition) is 4. The summed E-state index contributed by atoms with van der Waals surface area (Å²) >= 11 is 6.96. The summed E-state index contributed by atoms with van der Waals surface area (Å²) in [6.45, 7) is 9.21. The Morgan fingerprint density at radius 1 is 1.21 bits per heavy atom. The van der Waals surface area contributed by atoms with Crippen LogP contribution in [0.4, 0.5) is 10.5 Å². The molecule has 1 unspecified atom stereocenters. The number of hydrogen-bond donors (Lipinski definition) is 2. The molecule has 0 aliphatic rings. The van der Waals surface area contributed by atoms with Gasteiger partial charge in [0.15, 0.2) is 0 Å². The molecule has 0 heterocycles. The number of carbonyl (C=O) groups excluding carboxylic acids is 1. The molecule has 1 atom stereocenters. The number of carboxylic acids is 1. The van der Waals surface area contributed by atoms with E-state index >= 15 is 0 Å². The van der Waals surface area contributed by atoms with Crippen LogP contribution in [0.2, 0.25) is 0 Å². The number of amides is 1. The molecule has 0 aliphatic carbocycles. The summed E-state index contributed by atoms with van der Waals surface area (Å²) < 4.78 is 5.27. The molecule has 2 N–H and O–H groups in total. The Kier molecular flexibility index (Phi) is 10.3. The number of halogens is 2. The molecule has 1 amide bonds. The van der Waals surface area contributed by atoms with E-state index in [0.717, 1.165) is 40.6 Å². The number of aryl methyl sites for hydroxylation is 1. The summed E-state index contributed by atoms with van der Waals surface area (Å²) in [5.74, 6) is -1.25. The quantitative estimate of drug-likeness (QED) is 0.437. The number of nitrogens with one attached hydrogen (secondary N) is 1. The first-order valence-electron chi connectivity index (χ1n) is 9.23. The lowest BCUT2D eigenvalue weighted by atomic mass is 9.91. The summed E-state index contributed by atoms with van der Waals surface area (Å²) in [4.78, 5) is 25.7. The first kappa shape index (κ1) is 24.8. The molecule has 0 bridgehead atoms. The van der Waals surface area contributed by atoms with Gasteiger partial charge in [-0.15, -0.1) is 0 Å². The average molecular weight is 522 g/mol. The lowest BCUT2D eigenvalue weighted by Crippen LogP contribution is -2.35. The van der Waals surface area contributed by atoms with Crippen molar-refractivity contribution in [3.8, 4) is 0 Å². The Morgan fingerprint density at radius 2 is 1.82 bits per heavy atom. The standard InChI is InChI=1S/C20H30Br2N2O4/c1-14-5-6-16(24(9-7-21)10-8-22)12-17(14)15(11-18(25)26)13-23-19(27)28-20(2,3)4/h5-6,12,15H,7-11,13H2,1-4H3,(H,23,27)(H,25,26). The number of anilines is 1. The highest BCUT2D eigenvalue weighted by atomic mass is 79.9. The normalized spacial score (nSPS) is 12.4. The predicted molar refractivity (Wildman–Crippen MR) is 120 cm³/mol. The van der Waals surface area contributed by atoms with Gasteiger partial charge in [0.05, 0.1) is 6.42 Å². The Balaban J connectivity index is 3.07. The first-order valence-corrected chi connectivity index (χ1v) is 11.5. The van der Waals surface area contributed by atoms with E-state index in [1.807, 2.05) is 25.1 Å². The maximum absolute atomic E-state index is 12.0. The van der Waals surface area contributed by atoms with Gasteiger partial charge < -0.3 is 20.1 Å². The van der Waals surface area contributed by atoms with E-state index in [0.29, 0.717) is 0 Å². The van der Waals surface area contributed by atoms with Crippen LogP contribution in [0.1, 0.15) is 44.2 Å². The van der Waals surface area contributed by atoms with Crippen LogP contribution in [0.3, 0.4) is 0 Å². The van der Waals surface area contributed by atoms with E-state index in [2.05, 4.69) is 42.1 Å². The minimum Gasteiger partial charge on any atom is -0.481 e. The predicted octanol–water partition coefficient (Wildman–Crippen LogP) is 4.67. The van der Waals surface area contributed by atoms with Gasteiger partial charge in [0.1, 0.15) is 5.60 Å². The van der Waals surface area contributed by atoms with Crippen molar-refractivity contribution in [1.82, 2.24) is 5.32 Å². The zero-order valence-electron chi connectivity index (χ0n) is 16.9. The van der Waals surface area contributed by atoms with Crippen molar-refractivity contribution in [3.05, 3.63) is 29.3 Å². The van der Waals surface area contributed by atoms with E-state index in [1.54, 1.807) is 20.8 Å². The van der Waals surface area contributed by atoms with Crippen LogP contribution in [0.25, 0.3) is 0 Å². The van der Waals surface area contributed by atoms with E-state index in [-0.39, 0.29) is 18.9 Å².